The lowest BCUT2D eigenvalue weighted by molar-refractivity contribution is -0.141. The average molecular weight is 299 g/mol. The van der Waals surface area contributed by atoms with Gasteiger partial charge in [-0.2, -0.15) is 5.26 Å². The molecule has 5 nitrogen and oxygen atoms in total. The number of carbonyl (C=O) groups excluding carboxylic acids is 1. The first-order valence-electron chi connectivity index (χ1n) is 8.05. The Balaban J connectivity index is 1.41. The topological polar surface area (TPSA) is 66.2 Å². The molecule has 116 valence electrons. The van der Waals surface area contributed by atoms with Crippen LogP contribution in [-0.4, -0.2) is 35.0 Å². The minimum absolute atomic E-state index is 0.0238. The molecule has 0 bridgehead atoms. The fourth-order valence-electron chi connectivity index (χ4n) is 3.17. The van der Waals surface area contributed by atoms with Gasteiger partial charge < -0.3 is 9.64 Å². The summed E-state index contributed by atoms with van der Waals surface area (Å²) >= 11 is 0. The summed E-state index contributed by atoms with van der Waals surface area (Å²) in [5, 5.41) is 8.72. The van der Waals surface area contributed by atoms with E-state index in [1.54, 1.807) is 12.1 Å². The van der Waals surface area contributed by atoms with E-state index in [1.807, 2.05) is 11.0 Å². The van der Waals surface area contributed by atoms with Crippen molar-refractivity contribution >= 4 is 5.91 Å². The number of nitriles is 1. The van der Waals surface area contributed by atoms with Crippen molar-refractivity contribution in [1.82, 2.24) is 9.88 Å². The summed E-state index contributed by atoms with van der Waals surface area (Å²) in [6.45, 7) is 1.29. The van der Waals surface area contributed by atoms with Gasteiger partial charge in [0.25, 0.3) is 0 Å². The van der Waals surface area contributed by atoms with Crippen LogP contribution in [0.5, 0.6) is 5.88 Å². The molecule has 0 N–H and O–H groups in total. The number of rotatable bonds is 4. The van der Waals surface area contributed by atoms with Gasteiger partial charge in [0, 0.05) is 18.7 Å². The maximum absolute atomic E-state index is 12.2. The molecule has 0 unspecified atom stereocenters. The Bertz CT molecular complexity index is 552. The minimum Gasteiger partial charge on any atom is -0.471 e. The van der Waals surface area contributed by atoms with E-state index in [9.17, 15) is 4.79 Å². The van der Waals surface area contributed by atoms with Gasteiger partial charge in [-0.1, -0.05) is 19.3 Å². The van der Waals surface area contributed by atoms with Gasteiger partial charge in [-0.3, -0.25) is 4.79 Å². The molecule has 1 aromatic heterocycles. The third-order valence-electron chi connectivity index (χ3n) is 4.54. The second-order valence-electron chi connectivity index (χ2n) is 6.24. The van der Waals surface area contributed by atoms with E-state index in [2.05, 4.69) is 4.98 Å². The lowest BCUT2D eigenvalue weighted by atomic mass is 9.86. The van der Waals surface area contributed by atoms with Crippen LogP contribution in [0, 0.1) is 17.2 Å². The van der Waals surface area contributed by atoms with Crippen LogP contribution in [0.15, 0.2) is 18.3 Å². The monoisotopic (exact) mass is 299 g/mol. The highest BCUT2D eigenvalue weighted by Crippen LogP contribution is 2.28. The summed E-state index contributed by atoms with van der Waals surface area (Å²) in [4.78, 5) is 18.2. The summed E-state index contributed by atoms with van der Waals surface area (Å²) in [6, 6.07) is 5.41. The van der Waals surface area contributed by atoms with Crippen LogP contribution in [-0.2, 0) is 4.79 Å². The van der Waals surface area contributed by atoms with Gasteiger partial charge in [0.15, 0.2) is 0 Å². The first kappa shape index (κ1) is 14.8. The molecule has 1 saturated carbocycles. The molecule has 1 aromatic rings. The Morgan fingerprint density at radius 2 is 2.09 bits per heavy atom. The SMILES string of the molecule is N#Cc1ccc(OC2CN(C(=O)CC3CCCCC3)C2)nc1. The van der Waals surface area contributed by atoms with Gasteiger partial charge in [0.1, 0.15) is 12.2 Å². The maximum Gasteiger partial charge on any atom is 0.223 e. The summed E-state index contributed by atoms with van der Waals surface area (Å²) < 4.78 is 5.71. The Hall–Kier alpha value is -2.09. The number of hydrogen-bond donors (Lipinski definition) is 0. The van der Waals surface area contributed by atoms with E-state index < -0.39 is 0 Å². The van der Waals surface area contributed by atoms with E-state index in [1.165, 1.54) is 38.3 Å². The largest absolute Gasteiger partial charge is 0.471 e. The molecule has 0 spiro atoms. The van der Waals surface area contributed by atoms with E-state index >= 15 is 0 Å². The highest BCUT2D eigenvalue weighted by atomic mass is 16.5. The zero-order valence-corrected chi connectivity index (χ0v) is 12.7. The Labute approximate surface area is 130 Å². The first-order chi connectivity index (χ1) is 10.7. The molecule has 5 heteroatoms. The van der Waals surface area contributed by atoms with Gasteiger partial charge in [-0.05, 0) is 24.8 Å². The molecule has 1 aliphatic heterocycles. The van der Waals surface area contributed by atoms with Gasteiger partial charge in [0.05, 0.1) is 18.7 Å². The Kier molecular flexibility index (Phi) is 4.57. The number of carbonyl (C=O) groups is 1. The third kappa shape index (κ3) is 3.56. The zero-order valence-electron chi connectivity index (χ0n) is 12.7. The summed E-state index contributed by atoms with van der Waals surface area (Å²) in [6.07, 6.45) is 8.49. The number of ether oxygens (including phenoxy) is 1. The van der Waals surface area contributed by atoms with Gasteiger partial charge in [-0.15, -0.1) is 0 Å². The van der Waals surface area contributed by atoms with E-state index in [4.69, 9.17) is 10.00 Å². The molecule has 2 heterocycles. The lowest BCUT2D eigenvalue weighted by Crippen LogP contribution is -2.56. The van der Waals surface area contributed by atoms with Gasteiger partial charge in [0.2, 0.25) is 11.8 Å². The highest BCUT2D eigenvalue weighted by molar-refractivity contribution is 5.77. The van der Waals surface area contributed by atoms with Crippen molar-refractivity contribution < 1.29 is 9.53 Å². The summed E-state index contributed by atoms with van der Waals surface area (Å²) in [5.41, 5.74) is 0.519. The molecule has 1 amide bonds. The summed E-state index contributed by atoms with van der Waals surface area (Å²) in [5.74, 6) is 1.37. The quantitative estimate of drug-likeness (QED) is 0.857. The number of hydrogen-bond acceptors (Lipinski definition) is 4. The van der Waals surface area contributed by atoms with Crippen molar-refractivity contribution in [1.29, 1.82) is 5.26 Å². The van der Waals surface area contributed by atoms with Crippen LogP contribution in [0.1, 0.15) is 44.1 Å². The van der Waals surface area contributed by atoms with E-state index in [-0.39, 0.29) is 12.0 Å². The standard InChI is InChI=1S/C17H21N3O2/c18-9-14-6-7-16(19-10-14)22-15-11-20(12-15)17(21)8-13-4-2-1-3-5-13/h6-7,10,13,15H,1-5,8,11-12H2. The fraction of sp³-hybridized carbons (Fsp3) is 0.588. The van der Waals surface area contributed by atoms with Crippen LogP contribution in [0.2, 0.25) is 0 Å². The first-order valence-corrected chi connectivity index (χ1v) is 8.05. The van der Waals surface area contributed by atoms with Crippen LogP contribution < -0.4 is 4.74 Å². The van der Waals surface area contributed by atoms with Crippen molar-refractivity contribution in [2.45, 2.75) is 44.6 Å². The molecular formula is C17H21N3O2. The van der Waals surface area contributed by atoms with Crippen molar-refractivity contribution in [2.75, 3.05) is 13.1 Å². The van der Waals surface area contributed by atoms with Crippen LogP contribution in [0.3, 0.4) is 0 Å². The molecule has 0 radical (unpaired) electrons. The van der Waals surface area contributed by atoms with E-state index in [0.717, 1.165) is 0 Å². The Morgan fingerprint density at radius 3 is 2.73 bits per heavy atom. The van der Waals surface area contributed by atoms with Crippen LogP contribution in [0.4, 0.5) is 0 Å². The minimum atomic E-state index is 0.0238. The zero-order chi connectivity index (χ0) is 15.4. The Morgan fingerprint density at radius 1 is 1.32 bits per heavy atom. The molecule has 2 fully saturated rings. The van der Waals surface area contributed by atoms with Crippen molar-refractivity contribution in [2.24, 2.45) is 5.92 Å². The molecule has 3 rings (SSSR count). The van der Waals surface area contributed by atoms with Crippen LogP contribution >= 0.6 is 0 Å². The number of amides is 1. The third-order valence-corrected chi connectivity index (χ3v) is 4.54. The second-order valence-corrected chi connectivity index (χ2v) is 6.24. The number of aromatic nitrogens is 1. The fourth-order valence-corrected chi connectivity index (χ4v) is 3.17. The van der Waals surface area contributed by atoms with Crippen LogP contribution in [0.25, 0.3) is 0 Å². The molecule has 1 saturated heterocycles. The smallest absolute Gasteiger partial charge is 0.223 e. The van der Waals surface area contributed by atoms with Crippen molar-refractivity contribution in [3.8, 4) is 11.9 Å². The van der Waals surface area contributed by atoms with Crippen molar-refractivity contribution in [3.05, 3.63) is 23.9 Å². The van der Waals surface area contributed by atoms with Gasteiger partial charge in [-0.25, -0.2) is 4.98 Å². The second kappa shape index (κ2) is 6.78. The molecular weight excluding hydrogens is 278 g/mol. The number of likely N-dealkylation sites (tertiary alicyclic amines) is 1. The molecule has 0 aromatic carbocycles. The molecule has 2 aliphatic rings. The molecule has 0 atom stereocenters. The van der Waals surface area contributed by atoms with Crippen molar-refractivity contribution in [3.63, 3.8) is 0 Å². The molecule has 22 heavy (non-hydrogen) atoms. The number of nitrogens with zero attached hydrogens (tertiary/aromatic N) is 3. The van der Waals surface area contributed by atoms with Gasteiger partial charge >= 0.3 is 0 Å². The normalized spacial score (nSPS) is 19.3. The predicted molar refractivity (Wildman–Crippen MR) is 81.1 cm³/mol. The predicted octanol–water partition coefficient (Wildman–Crippen LogP) is 2.51. The number of pyridine rings is 1. The summed E-state index contributed by atoms with van der Waals surface area (Å²) in [7, 11) is 0. The highest BCUT2D eigenvalue weighted by Gasteiger charge is 2.33. The molecule has 1 aliphatic carbocycles. The average Bonchev–Trinajstić information content (AvgIpc) is 2.52. The maximum atomic E-state index is 12.2. The lowest BCUT2D eigenvalue weighted by Gasteiger charge is -2.39. The van der Waals surface area contributed by atoms with E-state index in [0.29, 0.717) is 36.9 Å².